The summed E-state index contributed by atoms with van der Waals surface area (Å²) in [6.45, 7) is -2.66. The van der Waals surface area contributed by atoms with Crippen LogP contribution >= 0.6 is 45.6 Å². The summed E-state index contributed by atoms with van der Waals surface area (Å²) in [6.07, 6.45) is 0. The van der Waals surface area contributed by atoms with E-state index in [1.807, 2.05) is 36.4 Å². The molecule has 0 saturated heterocycles. The lowest BCUT2D eigenvalue weighted by molar-refractivity contribution is 0.402. The molecule has 1 unspecified atom stereocenters. The van der Waals surface area contributed by atoms with Crippen LogP contribution in [0.15, 0.2) is 77.3 Å². The van der Waals surface area contributed by atoms with Crippen LogP contribution in [0.3, 0.4) is 0 Å². The third kappa shape index (κ3) is 6.49. The first kappa shape index (κ1) is 22.2. The minimum atomic E-state index is -2.66. The normalized spacial score (nSPS) is 12.4. The SMILES string of the molecule is COP(=S)(Oc1cc(Cl)c(Br)cc1Cl)c1ccccc1.Oc1ccccc1. The molecule has 0 heterocycles. The molecule has 1 N–H and O–H groups in total. The minimum Gasteiger partial charge on any atom is -0.508 e. The first-order chi connectivity index (χ1) is 12.9. The topological polar surface area (TPSA) is 38.7 Å². The number of benzene rings is 3. The maximum absolute atomic E-state index is 8.63. The molecule has 8 heteroatoms. The van der Waals surface area contributed by atoms with Crippen molar-refractivity contribution in [1.29, 1.82) is 0 Å². The molecule has 0 aliphatic rings. The third-order valence-electron chi connectivity index (χ3n) is 3.26. The lowest BCUT2D eigenvalue weighted by Crippen LogP contribution is -2.10. The number of para-hydroxylation sites is 1. The quantitative estimate of drug-likeness (QED) is 0.312. The van der Waals surface area contributed by atoms with Gasteiger partial charge in [0.05, 0.1) is 10.0 Å². The summed E-state index contributed by atoms with van der Waals surface area (Å²) >= 11 is 21.1. The Labute approximate surface area is 182 Å². The van der Waals surface area contributed by atoms with E-state index < -0.39 is 6.49 Å². The van der Waals surface area contributed by atoms with E-state index in [0.717, 1.165) is 5.30 Å². The number of rotatable bonds is 4. The molecule has 27 heavy (non-hydrogen) atoms. The molecule has 0 radical (unpaired) electrons. The first-order valence-corrected chi connectivity index (χ1v) is 11.8. The van der Waals surface area contributed by atoms with Crippen molar-refractivity contribution in [2.45, 2.75) is 0 Å². The van der Waals surface area contributed by atoms with Crippen LogP contribution in [0, 0.1) is 0 Å². The van der Waals surface area contributed by atoms with Crippen molar-refractivity contribution in [3.05, 3.63) is 87.3 Å². The molecule has 0 amide bonds. The third-order valence-corrected chi connectivity index (χ3v) is 7.91. The fourth-order valence-corrected chi connectivity index (χ4v) is 4.77. The van der Waals surface area contributed by atoms with Gasteiger partial charge in [-0.3, -0.25) is 0 Å². The first-order valence-electron chi connectivity index (χ1n) is 7.65. The van der Waals surface area contributed by atoms with E-state index in [1.165, 1.54) is 7.11 Å². The Kier molecular flexibility index (Phi) is 8.62. The van der Waals surface area contributed by atoms with Crippen LogP contribution in [-0.2, 0) is 16.3 Å². The van der Waals surface area contributed by atoms with Gasteiger partial charge >= 0.3 is 0 Å². The Morgan fingerprint density at radius 1 is 0.926 bits per heavy atom. The van der Waals surface area contributed by atoms with Crippen molar-refractivity contribution >= 4 is 62.7 Å². The van der Waals surface area contributed by atoms with Crippen LogP contribution in [-0.4, -0.2) is 12.2 Å². The summed E-state index contributed by atoms with van der Waals surface area (Å²) in [4.78, 5) is 0. The van der Waals surface area contributed by atoms with Crippen LogP contribution in [0.25, 0.3) is 0 Å². The standard InChI is InChI=1S/C13H10BrCl2O2PS.C6H6O/c1-17-19(20,9-5-3-2-4-6-9)18-13-8-11(15)10(14)7-12(13)16;7-6-4-2-1-3-5-6/h2-8H,1H3;1-5,7H. The van der Waals surface area contributed by atoms with E-state index in [0.29, 0.717) is 26.0 Å². The van der Waals surface area contributed by atoms with Crippen LogP contribution in [0.4, 0.5) is 0 Å². The molecule has 0 saturated carbocycles. The average Bonchev–Trinajstić information content (AvgIpc) is 2.68. The lowest BCUT2D eigenvalue weighted by atomic mass is 10.3. The van der Waals surface area contributed by atoms with Crippen molar-refractivity contribution in [3.8, 4) is 11.5 Å². The number of hydrogen-bond acceptors (Lipinski definition) is 4. The second-order valence-electron chi connectivity index (χ2n) is 5.14. The van der Waals surface area contributed by atoms with E-state index in [1.54, 1.807) is 36.4 Å². The second kappa shape index (κ2) is 10.5. The van der Waals surface area contributed by atoms with Crippen molar-refractivity contribution < 1.29 is 14.2 Å². The molecule has 3 aromatic carbocycles. The molecule has 0 fully saturated rings. The van der Waals surface area contributed by atoms with E-state index in [2.05, 4.69) is 15.9 Å². The molecular formula is C19H16BrCl2O3PS. The van der Waals surface area contributed by atoms with Gasteiger partial charge in [0, 0.05) is 23.0 Å². The highest BCUT2D eigenvalue weighted by molar-refractivity contribution is 9.10. The van der Waals surface area contributed by atoms with Crippen molar-refractivity contribution in [2.75, 3.05) is 7.11 Å². The minimum absolute atomic E-state index is 0.322. The molecule has 3 rings (SSSR count). The largest absolute Gasteiger partial charge is 0.508 e. The number of hydrogen-bond donors (Lipinski definition) is 1. The van der Waals surface area contributed by atoms with Gasteiger partial charge in [-0.2, -0.15) is 0 Å². The van der Waals surface area contributed by atoms with E-state index in [9.17, 15) is 0 Å². The van der Waals surface area contributed by atoms with Gasteiger partial charge in [-0.25, -0.2) is 0 Å². The number of aromatic hydroxyl groups is 1. The van der Waals surface area contributed by atoms with Gasteiger partial charge in [0.15, 0.2) is 0 Å². The van der Waals surface area contributed by atoms with Crippen LogP contribution in [0.1, 0.15) is 0 Å². The zero-order chi connectivity index (χ0) is 19.9. The molecule has 142 valence electrons. The molecule has 0 aliphatic carbocycles. The average molecular weight is 506 g/mol. The van der Waals surface area contributed by atoms with Gasteiger partial charge in [0.1, 0.15) is 11.5 Å². The van der Waals surface area contributed by atoms with Crippen LogP contribution < -0.4 is 9.83 Å². The lowest BCUT2D eigenvalue weighted by Gasteiger charge is -2.22. The van der Waals surface area contributed by atoms with Gasteiger partial charge in [-0.05, 0) is 58.1 Å². The fraction of sp³-hybridized carbons (Fsp3) is 0.0526. The Balaban J connectivity index is 0.000000313. The van der Waals surface area contributed by atoms with Gasteiger partial charge in [0.25, 0.3) is 6.49 Å². The van der Waals surface area contributed by atoms with Gasteiger partial charge in [0.2, 0.25) is 0 Å². The smallest absolute Gasteiger partial charge is 0.268 e. The molecule has 3 aromatic rings. The number of halogens is 3. The molecule has 3 nitrogen and oxygen atoms in total. The van der Waals surface area contributed by atoms with Crippen molar-refractivity contribution in [3.63, 3.8) is 0 Å². The summed E-state index contributed by atoms with van der Waals surface area (Å²) in [6, 6.07) is 21.4. The van der Waals surface area contributed by atoms with E-state index in [-0.39, 0.29) is 0 Å². The molecule has 1 atom stereocenters. The summed E-state index contributed by atoms with van der Waals surface area (Å²) < 4.78 is 12.0. The number of phenols is 1. The molecule has 0 bridgehead atoms. The Morgan fingerprint density at radius 2 is 1.48 bits per heavy atom. The van der Waals surface area contributed by atoms with Gasteiger partial charge in [-0.15, -0.1) is 0 Å². The van der Waals surface area contributed by atoms with Crippen LogP contribution in [0.5, 0.6) is 11.5 Å². The maximum atomic E-state index is 8.63. The number of phenolic OH excluding ortho intramolecular Hbond substituents is 1. The monoisotopic (exact) mass is 504 g/mol. The molecule has 0 aromatic heterocycles. The molecular weight excluding hydrogens is 490 g/mol. The van der Waals surface area contributed by atoms with Crippen LogP contribution in [0.2, 0.25) is 10.0 Å². The summed E-state index contributed by atoms with van der Waals surface area (Å²) in [5, 5.41) is 10.4. The van der Waals surface area contributed by atoms with Gasteiger partial charge in [-0.1, -0.05) is 59.6 Å². The Hall–Kier alpha value is -1.07. The zero-order valence-corrected chi connectivity index (χ0v) is 19.0. The molecule has 0 aliphatic heterocycles. The van der Waals surface area contributed by atoms with Crippen molar-refractivity contribution in [2.24, 2.45) is 0 Å². The highest BCUT2D eigenvalue weighted by Crippen LogP contribution is 2.49. The molecule has 0 spiro atoms. The summed E-state index contributed by atoms with van der Waals surface area (Å²) in [7, 11) is 1.53. The maximum Gasteiger partial charge on any atom is 0.268 e. The summed E-state index contributed by atoms with van der Waals surface area (Å²) in [5.41, 5.74) is 0. The predicted molar refractivity (Wildman–Crippen MR) is 120 cm³/mol. The predicted octanol–water partition coefficient (Wildman–Crippen LogP) is 6.81. The Bertz CT molecular complexity index is 927. The van der Waals surface area contributed by atoms with E-state index >= 15 is 0 Å². The fourth-order valence-electron chi connectivity index (χ4n) is 1.94. The summed E-state index contributed by atoms with van der Waals surface area (Å²) in [5.74, 6) is 0.733. The Morgan fingerprint density at radius 3 is 1.96 bits per heavy atom. The van der Waals surface area contributed by atoms with E-state index in [4.69, 9.17) is 49.2 Å². The highest BCUT2D eigenvalue weighted by Gasteiger charge is 2.23. The second-order valence-corrected chi connectivity index (χ2v) is 10.3. The van der Waals surface area contributed by atoms with Crippen molar-refractivity contribution in [1.82, 2.24) is 0 Å². The van der Waals surface area contributed by atoms with Gasteiger partial charge < -0.3 is 14.2 Å². The highest BCUT2D eigenvalue weighted by atomic mass is 79.9. The zero-order valence-electron chi connectivity index (χ0n) is 14.2.